The summed E-state index contributed by atoms with van der Waals surface area (Å²) in [5.41, 5.74) is 1.96. The summed E-state index contributed by atoms with van der Waals surface area (Å²) < 4.78 is 10.8. The highest BCUT2D eigenvalue weighted by Gasteiger charge is 2.32. The number of ether oxygens (including phenoxy) is 1. The van der Waals surface area contributed by atoms with Crippen molar-refractivity contribution in [3.63, 3.8) is 0 Å². The van der Waals surface area contributed by atoms with E-state index in [0.717, 1.165) is 24.8 Å². The number of benzene rings is 2. The molecule has 0 unspecified atom stereocenters. The maximum Gasteiger partial charge on any atom is 0.322 e. The molecule has 4 rings (SSSR count). The van der Waals surface area contributed by atoms with Crippen molar-refractivity contribution in [2.45, 2.75) is 25.3 Å². The van der Waals surface area contributed by atoms with Gasteiger partial charge in [-0.15, -0.1) is 0 Å². The van der Waals surface area contributed by atoms with Gasteiger partial charge in [-0.2, -0.15) is 10.2 Å². The Kier molecular flexibility index (Phi) is 5.61. The lowest BCUT2D eigenvalue weighted by molar-refractivity contribution is 0.142. The lowest BCUT2D eigenvalue weighted by Crippen LogP contribution is -2.41. The van der Waals surface area contributed by atoms with Gasteiger partial charge in [0.05, 0.1) is 18.7 Å². The number of hydrogen-bond acceptors (Lipinski definition) is 6. The first-order valence-electron chi connectivity index (χ1n) is 9.74. The lowest BCUT2D eigenvalue weighted by atomic mass is 10.0. The van der Waals surface area contributed by atoms with Crippen molar-refractivity contribution in [2.24, 2.45) is 0 Å². The summed E-state index contributed by atoms with van der Waals surface area (Å²) in [6.45, 7) is 0.601. The zero-order valence-electron chi connectivity index (χ0n) is 16.5. The zero-order chi connectivity index (χ0) is 20.9. The molecule has 2 heterocycles. The van der Waals surface area contributed by atoms with Crippen molar-refractivity contribution >= 4 is 11.7 Å². The maximum absolute atomic E-state index is 12.9. The second-order valence-electron chi connectivity index (χ2n) is 7.01. The molecule has 3 aromatic rings. The lowest BCUT2D eigenvalue weighted by Gasteiger charge is -2.33. The Balaban J connectivity index is 1.52. The van der Waals surface area contributed by atoms with E-state index in [1.807, 2.05) is 24.3 Å². The quantitative estimate of drug-likeness (QED) is 0.693. The van der Waals surface area contributed by atoms with E-state index in [0.29, 0.717) is 35.3 Å². The van der Waals surface area contributed by atoms with Crippen LogP contribution in [0, 0.1) is 11.3 Å². The number of hydrogen-bond donors (Lipinski definition) is 1. The number of amides is 2. The molecule has 1 atom stereocenters. The number of carbonyl (C=O) groups excluding carboxylic acids is 1. The topological polar surface area (TPSA) is 104 Å². The number of piperidine rings is 1. The fourth-order valence-electron chi connectivity index (χ4n) is 3.50. The van der Waals surface area contributed by atoms with Gasteiger partial charge in [-0.25, -0.2) is 4.79 Å². The summed E-state index contributed by atoms with van der Waals surface area (Å²) in [5.74, 6) is 1.59. The summed E-state index contributed by atoms with van der Waals surface area (Å²) in [4.78, 5) is 19.2. The van der Waals surface area contributed by atoms with Crippen molar-refractivity contribution in [1.82, 2.24) is 15.0 Å². The van der Waals surface area contributed by atoms with Crippen LogP contribution in [0.1, 0.15) is 36.8 Å². The fourth-order valence-corrected chi connectivity index (χ4v) is 3.50. The van der Waals surface area contributed by atoms with Crippen LogP contribution in [0.4, 0.5) is 10.5 Å². The Bertz CT molecular complexity index is 1070. The molecule has 152 valence electrons. The first kappa shape index (κ1) is 19.5. The standard InChI is InChI=1S/C22H21N5O3/c1-29-18-6-4-5-16(13-18)20-25-21(30-26-20)19-7-2-3-12-27(19)22(28)24-17-10-8-15(14-23)9-11-17/h4-6,8-11,13,19H,2-3,7,12H2,1H3,(H,24,28)/t19-/m0/s1. The van der Waals surface area contributed by atoms with Crippen LogP contribution in [0.25, 0.3) is 11.4 Å². The Morgan fingerprint density at radius 1 is 1.27 bits per heavy atom. The third-order valence-electron chi connectivity index (χ3n) is 5.08. The molecule has 0 saturated carbocycles. The highest BCUT2D eigenvalue weighted by atomic mass is 16.5. The summed E-state index contributed by atoms with van der Waals surface area (Å²) in [5, 5.41) is 15.9. The van der Waals surface area contributed by atoms with Crippen molar-refractivity contribution in [3.05, 3.63) is 60.0 Å². The highest BCUT2D eigenvalue weighted by Crippen LogP contribution is 2.32. The number of carbonyl (C=O) groups is 1. The van der Waals surface area contributed by atoms with Gasteiger partial charge in [0.15, 0.2) is 0 Å². The molecule has 30 heavy (non-hydrogen) atoms. The molecule has 0 spiro atoms. The monoisotopic (exact) mass is 403 g/mol. The van der Waals surface area contributed by atoms with E-state index in [1.54, 1.807) is 36.3 Å². The molecule has 1 aliphatic rings. The molecule has 0 bridgehead atoms. The number of rotatable bonds is 4. The highest BCUT2D eigenvalue weighted by molar-refractivity contribution is 5.89. The largest absolute Gasteiger partial charge is 0.497 e. The minimum absolute atomic E-state index is 0.231. The second kappa shape index (κ2) is 8.66. The maximum atomic E-state index is 12.9. The molecule has 0 aliphatic carbocycles. The van der Waals surface area contributed by atoms with Gasteiger partial charge in [-0.3, -0.25) is 0 Å². The van der Waals surface area contributed by atoms with Crippen LogP contribution in [0.2, 0.25) is 0 Å². The number of nitrogens with one attached hydrogen (secondary N) is 1. The minimum Gasteiger partial charge on any atom is -0.497 e. The van der Waals surface area contributed by atoms with Crippen LogP contribution >= 0.6 is 0 Å². The van der Waals surface area contributed by atoms with E-state index in [-0.39, 0.29) is 12.1 Å². The molecule has 1 aliphatic heterocycles. The van der Waals surface area contributed by atoms with Gasteiger partial charge in [0, 0.05) is 17.8 Å². The van der Waals surface area contributed by atoms with E-state index in [4.69, 9.17) is 14.5 Å². The first-order valence-corrected chi connectivity index (χ1v) is 9.74. The number of methoxy groups -OCH3 is 1. The van der Waals surface area contributed by atoms with E-state index >= 15 is 0 Å². The van der Waals surface area contributed by atoms with Crippen molar-refractivity contribution in [1.29, 1.82) is 5.26 Å². The summed E-state index contributed by atoms with van der Waals surface area (Å²) >= 11 is 0. The predicted octanol–water partition coefficient (Wildman–Crippen LogP) is 4.38. The van der Waals surface area contributed by atoms with Gasteiger partial charge >= 0.3 is 6.03 Å². The Labute approximate surface area is 174 Å². The van der Waals surface area contributed by atoms with E-state index in [9.17, 15) is 4.79 Å². The Morgan fingerprint density at radius 2 is 2.10 bits per heavy atom. The SMILES string of the molecule is COc1cccc(-c2noc([C@@H]3CCCCN3C(=O)Nc3ccc(C#N)cc3)n2)c1. The van der Waals surface area contributed by atoms with Crippen LogP contribution in [-0.4, -0.2) is 34.7 Å². The van der Waals surface area contributed by atoms with Crippen LogP contribution in [0.15, 0.2) is 53.1 Å². The van der Waals surface area contributed by atoms with Crippen LogP contribution in [-0.2, 0) is 0 Å². The van der Waals surface area contributed by atoms with Crippen molar-refractivity contribution in [3.8, 4) is 23.2 Å². The average molecular weight is 403 g/mol. The van der Waals surface area contributed by atoms with Gasteiger partial charge in [0.1, 0.15) is 11.8 Å². The third kappa shape index (κ3) is 4.10. The van der Waals surface area contributed by atoms with Crippen LogP contribution in [0.3, 0.4) is 0 Å². The molecule has 0 radical (unpaired) electrons. The van der Waals surface area contributed by atoms with Crippen LogP contribution in [0.5, 0.6) is 5.75 Å². The molecule has 1 N–H and O–H groups in total. The number of likely N-dealkylation sites (tertiary alicyclic amines) is 1. The first-order chi connectivity index (χ1) is 14.7. The Hall–Kier alpha value is -3.86. The van der Waals surface area contributed by atoms with Gasteiger partial charge in [0.25, 0.3) is 0 Å². The van der Waals surface area contributed by atoms with E-state index in [2.05, 4.69) is 21.5 Å². The number of nitrogens with zero attached hydrogens (tertiary/aromatic N) is 4. The zero-order valence-corrected chi connectivity index (χ0v) is 16.5. The van der Waals surface area contributed by atoms with E-state index in [1.165, 1.54) is 0 Å². The van der Waals surface area contributed by atoms with Gasteiger partial charge in [-0.1, -0.05) is 17.3 Å². The normalized spacial score (nSPS) is 16.0. The molecule has 2 amide bonds. The Morgan fingerprint density at radius 3 is 2.87 bits per heavy atom. The van der Waals surface area contributed by atoms with Crippen molar-refractivity contribution < 1.29 is 14.1 Å². The third-order valence-corrected chi connectivity index (χ3v) is 5.08. The number of anilines is 1. The van der Waals surface area contributed by atoms with Crippen molar-refractivity contribution in [2.75, 3.05) is 19.0 Å². The molecule has 8 heteroatoms. The molecular weight excluding hydrogens is 382 g/mol. The fraction of sp³-hybridized carbons (Fsp3) is 0.273. The molecule has 2 aromatic carbocycles. The number of nitriles is 1. The number of aromatic nitrogens is 2. The second-order valence-corrected chi connectivity index (χ2v) is 7.01. The van der Waals surface area contributed by atoms with Gasteiger partial charge in [0.2, 0.25) is 11.7 Å². The van der Waals surface area contributed by atoms with Gasteiger partial charge in [-0.05, 0) is 55.7 Å². The van der Waals surface area contributed by atoms with Gasteiger partial charge < -0.3 is 19.5 Å². The minimum atomic E-state index is -0.288. The summed E-state index contributed by atoms with van der Waals surface area (Å²) in [6.07, 6.45) is 2.64. The molecule has 1 aromatic heterocycles. The molecule has 1 saturated heterocycles. The number of urea groups is 1. The van der Waals surface area contributed by atoms with E-state index < -0.39 is 0 Å². The summed E-state index contributed by atoms with van der Waals surface area (Å²) in [7, 11) is 1.60. The molecule has 1 fully saturated rings. The molecular formula is C22H21N5O3. The average Bonchev–Trinajstić information content (AvgIpc) is 3.30. The predicted molar refractivity (Wildman–Crippen MR) is 110 cm³/mol. The van der Waals surface area contributed by atoms with Crippen LogP contribution < -0.4 is 10.1 Å². The molecule has 8 nitrogen and oxygen atoms in total. The smallest absolute Gasteiger partial charge is 0.322 e. The summed E-state index contributed by atoms with van der Waals surface area (Å²) in [6, 6.07) is 15.7.